The first-order valence-corrected chi connectivity index (χ1v) is 6.18. The van der Waals surface area contributed by atoms with Crippen LogP contribution in [-0.2, 0) is 15.0 Å². The van der Waals surface area contributed by atoms with Gasteiger partial charge in [-0.15, -0.1) is 0 Å². The zero-order valence-corrected chi connectivity index (χ0v) is 11.8. The van der Waals surface area contributed by atoms with Crippen LogP contribution in [0, 0.1) is 0 Å². The molecule has 0 fully saturated rings. The summed E-state index contributed by atoms with van der Waals surface area (Å²) in [6.45, 7) is 9.65. The van der Waals surface area contributed by atoms with Crippen LogP contribution in [0.5, 0.6) is 0 Å². The van der Waals surface area contributed by atoms with Crippen LogP contribution in [0.1, 0.15) is 26.3 Å². The number of hydrogen-bond acceptors (Lipinski definition) is 2. The summed E-state index contributed by atoms with van der Waals surface area (Å²) in [6, 6.07) is 5.62. The second kappa shape index (κ2) is 4.03. The lowest BCUT2D eigenvalue weighted by atomic mass is 9.84. The van der Waals surface area contributed by atoms with E-state index >= 15 is 0 Å². The maximum Gasteiger partial charge on any atom is 0.311 e. The van der Waals surface area contributed by atoms with Crippen LogP contribution in [-0.4, -0.2) is 19.4 Å². The van der Waals surface area contributed by atoms with E-state index in [1.807, 2.05) is 39.1 Å². The first kappa shape index (κ1) is 13.5. The highest BCUT2D eigenvalue weighted by Gasteiger charge is 2.50. The first-order valence-electron chi connectivity index (χ1n) is 6.18. The molecule has 19 heavy (non-hydrogen) atoms. The van der Waals surface area contributed by atoms with E-state index < -0.39 is 0 Å². The van der Waals surface area contributed by atoms with Crippen LogP contribution in [0.2, 0.25) is 0 Å². The van der Waals surface area contributed by atoms with Gasteiger partial charge >= 0.3 is 6.41 Å². The number of nitrogens with one attached hydrogen (secondary N) is 1. The van der Waals surface area contributed by atoms with E-state index in [0.717, 1.165) is 29.0 Å². The Morgan fingerprint density at radius 2 is 2.05 bits per heavy atom. The van der Waals surface area contributed by atoms with Gasteiger partial charge in [0.15, 0.2) is 0 Å². The number of amides is 2. The maximum atomic E-state index is 11.5. The van der Waals surface area contributed by atoms with E-state index in [-0.39, 0.29) is 15.8 Å². The molecule has 1 heterocycles. The fourth-order valence-corrected chi connectivity index (χ4v) is 2.72. The normalized spacial score (nSPS) is 23.9. The zero-order valence-electron chi connectivity index (χ0n) is 11.8. The van der Waals surface area contributed by atoms with Crippen LogP contribution in [0.25, 0.3) is 0 Å². The van der Waals surface area contributed by atoms with Gasteiger partial charge < -0.3 is 5.32 Å². The van der Waals surface area contributed by atoms with Crippen molar-refractivity contribution in [2.24, 2.45) is 0 Å². The third-order valence-electron chi connectivity index (χ3n) is 3.98. The Hall–Kier alpha value is -1.94. The number of fused-ring (bicyclic) bond motifs is 1. The molecule has 4 heteroatoms. The molecule has 1 unspecified atom stereocenters. The Bertz CT molecular complexity index is 590. The number of likely N-dealkylation sites (N-methyl/N-ethyl adjacent to an activating group) is 1. The van der Waals surface area contributed by atoms with Gasteiger partial charge in [-0.1, -0.05) is 0 Å². The summed E-state index contributed by atoms with van der Waals surface area (Å²) in [6.07, 6.45) is 0.897. The molecule has 0 spiro atoms. The molecule has 100 valence electrons. The molecule has 4 nitrogen and oxygen atoms in total. The second-order valence-corrected chi connectivity index (χ2v) is 5.67. The Balaban J connectivity index is 2.63. The SMILES string of the molecule is C=C1C(C)(C)c2cc(NC(C)=O)ccc2[N+]1(C)C=O. The molecule has 0 aliphatic carbocycles. The molecule has 0 aromatic heterocycles. The van der Waals surface area contributed by atoms with Gasteiger partial charge in [0.2, 0.25) is 5.91 Å². The van der Waals surface area contributed by atoms with E-state index in [1.54, 1.807) is 0 Å². The number of carbonyl (C=O) groups excluding carboxylic acids is 2. The summed E-state index contributed by atoms with van der Waals surface area (Å²) in [5.41, 5.74) is 3.21. The van der Waals surface area contributed by atoms with Crippen molar-refractivity contribution in [3.05, 3.63) is 36.0 Å². The van der Waals surface area contributed by atoms with Gasteiger partial charge in [0.1, 0.15) is 11.4 Å². The standard InChI is InChI=1S/C15H18N2O2/c1-10-15(3,4)13-8-12(16-11(2)19)6-7-14(13)17(10,5)9-18/h6-9H,1H2,2-5H3/p+1. The van der Waals surface area contributed by atoms with Gasteiger partial charge in [-0.25, -0.2) is 9.28 Å². The second-order valence-electron chi connectivity index (χ2n) is 5.67. The van der Waals surface area contributed by atoms with Crippen molar-refractivity contribution in [1.82, 2.24) is 4.48 Å². The minimum absolute atomic E-state index is 0.0860. The molecule has 1 aliphatic rings. The number of hydrogen-bond donors (Lipinski definition) is 1. The van der Waals surface area contributed by atoms with Gasteiger partial charge in [-0.3, -0.25) is 4.79 Å². The summed E-state index contributed by atoms with van der Waals surface area (Å²) in [4.78, 5) is 22.6. The smallest absolute Gasteiger partial charge is 0.311 e. The predicted molar refractivity (Wildman–Crippen MR) is 76.7 cm³/mol. The molecule has 1 N–H and O–H groups in total. The molecule has 0 bridgehead atoms. The molecular formula is C15H19N2O2+. The number of nitrogens with zero attached hydrogens (tertiary/aromatic N) is 1. The van der Waals surface area contributed by atoms with E-state index in [0.29, 0.717) is 0 Å². The van der Waals surface area contributed by atoms with Crippen molar-refractivity contribution < 1.29 is 9.59 Å². The third kappa shape index (κ3) is 1.79. The topological polar surface area (TPSA) is 46.2 Å². The van der Waals surface area contributed by atoms with Crippen LogP contribution in [0.4, 0.5) is 11.4 Å². The number of rotatable bonds is 2. The van der Waals surface area contributed by atoms with Crippen molar-refractivity contribution in [3.8, 4) is 0 Å². The third-order valence-corrected chi connectivity index (χ3v) is 3.98. The molecular weight excluding hydrogens is 240 g/mol. The molecule has 1 atom stereocenters. The van der Waals surface area contributed by atoms with Crippen molar-refractivity contribution in [2.75, 3.05) is 12.4 Å². The fraction of sp³-hybridized carbons (Fsp3) is 0.333. The molecule has 2 amide bonds. The van der Waals surface area contributed by atoms with Crippen LogP contribution >= 0.6 is 0 Å². The maximum absolute atomic E-state index is 11.5. The van der Waals surface area contributed by atoms with Crippen LogP contribution in [0.3, 0.4) is 0 Å². The molecule has 0 saturated carbocycles. The molecule has 0 radical (unpaired) electrons. The van der Waals surface area contributed by atoms with Crippen molar-refractivity contribution in [2.45, 2.75) is 26.2 Å². The first-order chi connectivity index (χ1) is 8.73. The lowest BCUT2D eigenvalue weighted by Gasteiger charge is -2.25. The minimum atomic E-state index is -0.306. The summed E-state index contributed by atoms with van der Waals surface area (Å²) in [7, 11) is 1.83. The summed E-state index contributed by atoms with van der Waals surface area (Å²) in [5.74, 6) is -0.109. The van der Waals surface area contributed by atoms with Crippen LogP contribution < -0.4 is 9.80 Å². The van der Waals surface area contributed by atoms with E-state index in [1.165, 1.54) is 6.92 Å². The Morgan fingerprint density at radius 3 is 2.58 bits per heavy atom. The minimum Gasteiger partial charge on any atom is -0.326 e. The van der Waals surface area contributed by atoms with Gasteiger partial charge in [-0.05, 0) is 32.6 Å². The van der Waals surface area contributed by atoms with E-state index in [4.69, 9.17) is 0 Å². The highest BCUT2D eigenvalue weighted by molar-refractivity contribution is 5.90. The average Bonchev–Trinajstić information content (AvgIpc) is 2.49. The monoisotopic (exact) mass is 259 g/mol. The van der Waals surface area contributed by atoms with E-state index in [2.05, 4.69) is 11.9 Å². The number of allylic oxidation sites excluding steroid dienone is 1. The van der Waals surface area contributed by atoms with Gasteiger partial charge in [0, 0.05) is 24.2 Å². The molecule has 0 saturated heterocycles. The average molecular weight is 259 g/mol. The number of quaternary nitrogens is 1. The Labute approximate surface area is 113 Å². The summed E-state index contributed by atoms with van der Waals surface area (Å²) < 4.78 is 0.0860. The molecule has 2 rings (SSSR count). The predicted octanol–water partition coefficient (Wildman–Crippen LogP) is 2.54. The summed E-state index contributed by atoms with van der Waals surface area (Å²) in [5, 5.41) is 2.77. The lowest BCUT2D eigenvalue weighted by Crippen LogP contribution is -2.42. The molecule has 1 aliphatic heterocycles. The van der Waals surface area contributed by atoms with Crippen molar-refractivity contribution >= 4 is 23.7 Å². The molecule has 1 aromatic carbocycles. The van der Waals surface area contributed by atoms with Crippen molar-refractivity contribution in [3.63, 3.8) is 0 Å². The lowest BCUT2D eigenvalue weighted by molar-refractivity contribution is -0.115. The largest absolute Gasteiger partial charge is 0.326 e. The zero-order chi connectivity index (χ0) is 14.4. The number of anilines is 1. The van der Waals surface area contributed by atoms with Crippen LogP contribution in [0.15, 0.2) is 30.5 Å². The fourth-order valence-electron chi connectivity index (χ4n) is 2.72. The summed E-state index contributed by atoms with van der Waals surface area (Å²) >= 11 is 0. The Morgan fingerprint density at radius 1 is 1.42 bits per heavy atom. The molecule has 1 aromatic rings. The highest BCUT2D eigenvalue weighted by Crippen LogP contribution is 2.50. The van der Waals surface area contributed by atoms with E-state index in [9.17, 15) is 9.59 Å². The quantitative estimate of drug-likeness (QED) is 0.655. The highest BCUT2D eigenvalue weighted by atomic mass is 16.1. The van der Waals surface area contributed by atoms with Gasteiger partial charge in [0.25, 0.3) is 0 Å². The van der Waals surface area contributed by atoms with Crippen molar-refractivity contribution in [1.29, 1.82) is 0 Å². The van der Waals surface area contributed by atoms with Gasteiger partial charge in [-0.2, -0.15) is 0 Å². The van der Waals surface area contributed by atoms with Gasteiger partial charge in [0.05, 0.1) is 12.5 Å². The number of benzene rings is 1. The number of carbonyl (C=O) groups is 2. The Kier molecular flexibility index (Phi) is 2.86.